The summed E-state index contributed by atoms with van der Waals surface area (Å²) in [7, 11) is 0. The number of esters is 1. The Morgan fingerprint density at radius 1 is 1.23 bits per heavy atom. The van der Waals surface area contributed by atoms with Crippen molar-refractivity contribution in [3.63, 3.8) is 0 Å². The van der Waals surface area contributed by atoms with Crippen LogP contribution in [-0.4, -0.2) is 30.3 Å². The standard InChI is InChI=1S/C15H22N2O4.ClH/c1-15(2,3)21-14(19)17-9-12(16)13(18)20-10-11-7-5-4-6-8-11;/h4-8,12H,9-10,16H2,1-3H3,(H,17,19);1H. The van der Waals surface area contributed by atoms with Crippen molar-refractivity contribution < 1.29 is 19.1 Å². The van der Waals surface area contributed by atoms with Crippen LogP contribution in [0.4, 0.5) is 4.79 Å². The first-order valence-electron chi connectivity index (χ1n) is 6.71. The predicted molar refractivity (Wildman–Crippen MR) is 85.7 cm³/mol. The summed E-state index contributed by atoms with van der Waals surface area (Å²) in [6.07, 6.45) is -0.617. The molecule has 0 aliphatic carbocycles. The summed E-state index contributed by atoms with van der Waals surface area (Å²) in [6, 6.07) is 8.35. The number of nitrogens with one attached hydrogen (secondary N) is 1. The third-order valence-electron chi connectivity index (χ3n) is 2.39. The van der Waals surface area contributed by atoms with Gasteiger partial charge in [-0.05, 0) is 26.3 Å². The van der Waals surface area contributed by atoms with E-state index in [1.807, 2.05) is 30.3 Å². The molecule has 0 radical (unpaired) electrons. The van der Waals surface area contributed by atoms with E-state index in [2.05, 4.69) is 5.32 Å². The molecular formula is C15H23ClN2O4. The minimum Gasteiger partial charge on any atom is -0.460 e. The van der Waals surface area contributed by atoms with Gasteiger partial charge in [-0.3, -0.25) is 4.79 Å². The van der Waals surface area contributed by atoms with Crippen LogP contribution in [0, 0.1) is 0 Å². The average Bonchev–Trinajstić information content (AvgIpc) is 2.41. The van der Waals surface area contributed by atoms with Crippen molar-refractivity contribution in [2.45, 2.75) is 39.0 Å². The number of hydrogen-bond acceptors (Lipinski definition) is 5. The lowest BCUT2D eigenvalue weighted by atomic mass is 10.2. The van der Waals surface area contributed by atoms with Crippen LogP contribution in [-0.2, 0) is 20.9 Å². The maximum atomic E-state index is 11.7. The third kappa shape index (κ3) is 8.49. The predicted octanol–water partition coefficient (Wildman–Crippen LogP) is 2.00. The van der Waals surface area contributed by atoms with Crippen molar-refractivity contribution in [2.24, 2.45) is 5.73 Å². The minimum absolute atomic E-state index is 0. The molecule has 22 heavy (non-hydrogen) atoms. The van der Waals surface area contributed by atoms with Crippen LogP contribution in [0.5, 0.6) is 0 Å². The number of ether oxygens (including phenoxy) is 2. The highest BCUT2D eigenvalue weighted by atomic mass is 35.5. The van der Waals surface area contributed by atoms with Crippen LogP contribution in [0.1, 0.15) is 26.3 Å². The first-order valence-corrected chi connectivity index (χ1v) is 6.71. The largest absolute Gasteiger partial charge is 0.460 e. The number of rotatable bonds is 5. The summed E-state index contributed by atoms with van der Waals surface area (Å²) in [5.74, 6) is -0.574. The van der Waals surface area contributed by atoms with Gasteiger partial charge in [0.25, 0.3) is 0 Å². The van der Waals surface area contributed by atoms with Gasteiger partial charge in [0.1, 0.15) is 18.2 Å². The molecule has 0 spiro atoms. The van der Waals surface area contributed by atoms with Crippen molar-refractivity contribution in [3.8, 4) is 0 Å². The molecule has 0 aromatic heterocycles. The Labute approximate surface area is 136 Å². The smallest absolute Gasteiger partial charge is 0.407 e. The van der Waals surface area contributed by atoms with Gasteiger partial charge in [-0.25, -0.2) is 4.79 Å². The number of alkyl carbamates (subject to hydrolysis) is 1. The molecule has 3 N–H and O–H groups in total. The Bertz CT molecular complexity index is 474. The highest BCUT2D eigenvalue weighted by Crippen LogP contribution is 2.06. The second-order valence-corrected chi connectivity index (χ2v) is 5.58. The van der Waals surface area contributed by atoms with Crippen molar-refractivity contribution in [3.05, 3.63) is 35.9 Å². The first-order chi connectivity index (χ1) is 9.78. The third-order valence-corrected chi connectivity index (χ3v) is 2.39. The zero-order chi connectivity index (χ0) is 15.9. The van der Waals surface area contributed by atoms with Gasteiger partial charge in [-0.15, -0.1) is 12.4 Å². The van der Waals surface area contributed by atoms with E-state index >= 15 is 0 Å². The van der Waals surface area contributed by atoms with E-state index in [0.717, 1.165) is 5.56 Å². The van der Waals surface area contributed by atoms with Gasteiger partial charge >= 0.3 is 12.1 Å². The molecule has 1 unspecified atom stereocenters. The second kappa shape index (κ2) is 9.27. The van der Waals surface area contributed by atoms with E-state index in [-0.39, 0.29) is 25.6 Å². The number of carbonyl (C=O) groups excluding carboxylic acids is 2. The molecule has 124 valence electrons. The Balaban J connectivity index is 0.00000441. The van der Waals surface area contributed by atoms with Crippen LogP contribution in [0.3, 0.4) is 0 Å². The van der Waals surface area contributed by atoms with E-state index < -0.39 is 23.7 Å². The lowest BCUT2D eigenvalue weighted by molar-refractivity contribution is -0.146. The van der Waals surface area contributed by atoms with Crippen LogP contribution < -0.4 is 11.1 Å². The summed E-state index contributed by atoms with van der Waals surface area (Å²) in [4.78, 5) is 23.1. The number of hydrogen-bond donors (Lipinski definition) is 2. The minimum atomic E-state index is -0.929. The summed E-state index contributed by atoms with van der Waals surface area (Å²) in [5.41, 5.74) is 5.93. The zero-order valence-electron chi connectivity index (χ0n) is 13.0. The van der Waals surface area contributed by atoms with E-state index in [1.165, 1.54) is 0 Å². The fraction of sp³-hybridized carbons (Fsp3) is 0.467. The fourth-order valence-corrected chi connectivity index (χ4v) is 1.43. The van der Waals surface area contributed by atoms with E-state index in [0.29, 0.717) is 0 Å². The van der Waals surface area contributed by atoms with E-state index in [9.17, 15) is 9.59 Å². The summed E-state index contributed by atoms with van der Waals surface area (Å²) in [6.45, 7) is 5.37. The molecule has 1 atom stereocenters. The lowest BCUT2D eigenvalue weighted by Gasteiger charge is -2.20. The highest BCUT2D eigenvalue weighted by molar-refractivity contribution is 5.85. The van der Waals surface area contributed by atoms with Crippen LogP contribution in [0.2, 0.25) is 0 Å². The van der Waals surface area contributed by atoms with Gasteiger partial charge in [-0.2, -0.15) is 0 Å². The Kier molecular flexibility index (Phi) is 8.52. The first kappa shape index (κ1) is 20.2. The lowest BCUT2D eigenvalue weighted by Crippen LogP contribution is -2.44. The van der Waals surface area contributed by atoms with E-state index in [1.54, 1.807) is 20.8 Å². The number of nitrogens with two attached hydrogens (primary N) is 1. The van der Waals surface area contributed by atoms with Crippen LogP contribution in [0.25, 0.3) is 0 Å². The molecule has 1 aromatic rings. The molecule has 0 saturated carbocycles. The topological polar surface area (TPSA) is 90.6 Å². The summed E-state index contributed by atoms with van der Waals surface area (Å²) >= 11 is 0. The normalized spacial score (nSPS) is 11.8. The molecule has 6 nitrogen and oxygen atoms in total. The van der Waals surface area contributed by atoms with Crippen LogP contribution >= 0.6 is 12.4 Å². The molecular weight excluding hydrogens is 308 g/mol. The van der Waals surface area contributed by atoms with Crippen molar-refractivity contribution in [1.82, 2.24) is 5.32 Å². The molecule has 0 aliphatic rings. The average molecular weight is 331 g/mol. The number of benzene rings is 1. The van der Waals surface area contributed by atoms with Crippen molar-refractivity contribution in [2.75, 3.05) is 6.54 Å². The maximum Gasteiger partial charge on any atom is 0.407 e. The zero-order valence-corrected chi connectivity index (χ0v) is 13.8. The number of carbonyl (C=O) groups is 2. The van der Waals surface area contributed by atoms with E-state index in [4.69, 9.17) is 15.2 Å². The molecule has 1 rings (SSSR count). The molecule has 1 amide bonds. The number of halogens is 1. The molecule has 7 heteroatoms. The van der Waals surface area contributed by atoms with Gasteiger partial charge < -0.3 is 20.5 Å². The highest BCUT2D eigenvalue weighted by Gasteiger charge is 2.19. The molecule has 0 fully saturated rings. The monoisotopic (exact) mass is 330 g/mol. The van der Waals surface area contributed by atoms with Gasteiger partial charge in [0.05, 0.1) is 0 Å². The molecule has 0 saturated heterocycles. The quantitative estimate of drug-likeness (QED) is 0.806. The molecule has 0 aliphatic heterocycles. The fourth-order valence-electron chi connectivity index (χ4n) is 1.43. The second-order valence-electron chi connectivity index (χ2n) is 5.58. The van der Waals surface area contributed by atoms with Gasteiger partial charge in [0.15, 0.2) is 0 Å². The Morgan fingerprint density at radius 2 is 1.82 bits per heavy atom. The SMILES string of the molecule is CC(C)(C)OC(=O)NCC(N)C(=O)OCc1ccccc1.Cl. The summed E-state index contributed by atoms with van der Waals surface area (Å²) < 4.78 is 10.1. The Morgan fingerprint density at radius 3 is 2.36 bits per heavy atom. The maximum absolute atomic E-state index is 11.7. The Hall–Kier alpha value is -1.79. The van der Waals surface area contributed by atoms with Gasteiger partial charge in [0.2, 0.25) is 0 Å². The molecule has 1 aromatic carbocycles. The molecule has 0 bridgehead atoms. The van der Waals surface area contributed by atoms with Gasteiger partial charge in [-0.1, -0.05) is 30.3 Å². The molecule has 0 heterocycles. The van der Waals surface area contributed by atoms with Crippen molar-refractivity contribution >= 4 is 24.5 Å². The van der Waals surface area contributed by atoms with Gasteiger partial charge in [0, 0.05) is 6.54 Å². The van der Waals surface area contributed by atoms with Crippen LogP contribution in [0.15, 0.2) is 30.3 Å². The number of amides is 1. The van der Waals surface area contributed by atoms with Crippen molar-refractivity contribution in [1.29, 1.82) is 0 Å². The summed E-state index contributed by atoms with van der Waals surface area (Å²) in [5, 5.41) is 2.43.